The van der Waals surface area contributed by atoms with E-state index in [1.807, 2.05) is 0 Å². The highest BCUT2D eigenvalue weighted by Crippen LogP contribution is 2.30. The van der Waals surface area contributed by atoms with Crippen LogP contribution in [-0.4, -0.2) is 48.0 Å². The Hall–Kier alpha value is -4.22. The van der Waals surface area contributed by atoms with Gasteiger partial charge in [-0.1, -0.05) is 0 Å². The predicted molar refractivity (Wildman–Crippen MR) is 120 cm³/mol. The molecule has 0 unspecified atom stereocenters. The van der Waals surface area contributed by atoms with Gasteiger partial charge >= 0.3 is 0 Å². The number of hydrogen-bond donors (Lipinski definition) is 4. The minimum Gasteiger partial charge on any atom is -0.493 e. The molecular weight excluding hydrogens is 463 g/mol. The quantitative estimate of drug-likeness (QED) is 0.341. The molecule has 3 heterocycles. The van der Waals surface area contributed by atoms with Gasteiger partial charge in [-0.25, -0.2) is 33.1 Å². The summed E-state index contributed by atoms with van der Waals surface area (Å²) in [6, 6.07) is 2.72. The molecule has 4 aromatic rings. The Bertz CT molecular complexity index is 1410. The summed E-state index contributed by atoms with van der Waals surface area (Å²) in [5.74, 6) is -2.85. The van der Waals surface area contributed by atoms with E-state index in [-0.39, 0.29) is 46.2 Å². The van der Waals surface area contributed by atoms with Crippen LogP contribution in [0.25, 0.3) is 22.3 Å². The number of aromatic hydroxyl groups is 1. The Morgan fingerprint density at radius 1 is 1.06 bits per heavy atom. The summed E-state index contributed by atoms with van der Waals surface area (Å²) in [6.07, 6.45) is 6.28. The number of carbonyl (C=O) groups is 1. The van der Waals surface area contributed by atoms with Gasteiger partial charge in [0.25, 0.3) is 5.91 Å². The predicted octanol–water partition coefficient (Wildman–Crippen LogP) is 3.69. The summed E-state index contributed by atoms with van der Waals surface area (Å²) >= 11 is 0. The number of fused-ring (bicyclic) bond motifs is 1. The first-order valence-electron chi connectivity index (χ1n) is 10.9. The van der Waals surface area contributed by atoms with Crippen molar-refractivity contribution < 1.29 is 23.1 Å². The number of halogens is 3. The normalized spacial score (nSPS) is 17.9. The van der Waals surface area contributed by atoms with Gasteiger partial charge in [0.15, 0.2) is 17.5 Å². The highest BCUT2D eigenvalue weighted by atomic mass is 19.1. The summed E-state index contributed by atoms with van der Waals surface area (Å²) < 4.78 is 42.4. The maximum atomic E-state index is 14.6. The molecule has 1 saturated carbocycles. The van der Waals surface area contributed by atoms with Crippen molar-refractivity contribution in [1.82, 2.24) is 30.2 Å². The van der Waals surface area contributed by atoms with E-state index in [2.05, 4.69) is 35.6 Å². The molecule has 1 aliphatic rings. The van der Waals surface area contributed by atoms with E-state index >= 15 is 0 Å². The van der Waals surface area contributed by atoms with Gasteiger partial charge in [0.05, 0.1) is 11.7 Å². The molecule has 0 bridgehead atoms. The summed E-state index contributed by atoms with van der Waals surface area (Å²) in [5, 5.41) is 15.6. The molecule has 3 aromatic heterocycles. The lowest BCUT2D eigenvalue weighted by Crippen LogP contribution is -2.42. The zero-order valence-corrected chi connectivity index (χ0v) is 18.2. The third-order valence-corrected chi connectivity index (χ3v) is 5.93. The van der Waals surface area contributed by atoms with E-state index < -0.39 is 23.4 Å². The van der Waals surface area contributed by atoms with Gasteiger partial charge < -0.3 is 20.7 Å². The number of hydrogen-bond acceptors (Lipinski definition) is 7. The van der Waals surface area contributed by atoms with E-state index in [1.165, 1.54) is 12.3 Å². The second-order valence-corrected chi connectivity index (χ2v) is 8.34. The first-order valence-corrected chi connectivity index (χ1v) is 10.9. The summed E-state index contributed by atoms with van der Waals surface area (Å²) in [4.78, 5) is 30.9. The van der Waals surface area contributed by atoms with Crippen molar-refractivity contribution in [1.29, 1.82) is 0 Å². The molecule has 180 valence electrons. The molecule has 1 amide bonds. The first-order chi connectivity index (χ1) is 16.9. The van der Waals surface area contributed by atoms with Crippen LogP contribution in [0.1, 0.15) is 36.2 Å². The SMILES string of the molecule is O=C(N[C@@H]1CCC[C@H](Nc2nc(-c3c[nH]c4c(F)cc(F)cc34)ncc2F)C1)c1cc(O)ncn1. The fraction of sp³-hybridized carbons (Fsp3) is 0.261. The van der Waals surface area contributed by atoms with Gasteiger partial charge in [0.1, 0.15) is 23.7 Å². The fourth-order valence-corrected chi connectivity index (χ4v) is 4.31. The van der Waals surface area contributed by atoms with Gasteiger partial charge in [-0.2, -0.15) is 0 Å². The topological polar surface area (TPSA) is 129 Å². The Morgan fingerprint density at radius 3 is 2.71 bits per heavy atom. The van der Waals surface area contributed by atoms with Crippen LogP contribution in [0.4, 0.5) is 19.0 Å². The number of aromatic amines is 1. The molecule has 1 aromatic carbocycles. The van der Waals surface area contributed by atoms with Gasteiger partial charge in [-0.15, -0.1) is 0 Å². The lowest BCUT2D eigenvalue weighted by molar-refractivity contribution is 0.0920. The molecule has 2 atom stereocenters. The molecule has 1 fully saturated rings. The minimum atomic E-state index is -0.751. The average Bonchev–Trinajstić information content (AvgIpc) is 3.25. The van der Waals surface area contributed by atoms with Crippen molar-refractivity contribution in [2.24, 2.45) is 0 Å². The molecule has 9 nitrogen and oxygen atoms in total. The van der Waals surface area contributed by atoms with E-state index in [1.54, 1.807) is 0 Å². The lowest BCUT2D eigenvalue weighted by Gasteiger charge is -2.30. The van der Waals surface area contributed by atoms with E-state index in [4.69, 9.17) is 0 Å². The first kappa shape index (κ1) is 22.6. The minimum absolute atomic E-state index is 0.0427. The van der Waals surface area contributed by atoms with Crippen molar-refractivity contribution in [3.63, 3.8) is 0 Å². The molecule has 4 N–H and O–H groups in total. The molecule has 35 heavy (non-hydrogen) atoms. The Balaban J connectivity index is 1.32. The molecule has 5 rings (SSSR count). The highest BCUT2D eigenvalue weighted by Gasteiger charge is 2.26. The summed E-state index contributed by atoms with van der Waals surface area (Å²) in [6.45, 7) is 0. The molecule has 0 aliphatic heterocycles. The van der Waals surface area contributed by atoms with Crippen LogP contribution < -0.4 is 10.6 Å². The van der Waals surface area contributed by atoms with Gasteiger partial charge in [0, 0.05) is 41.4 Å². The summed E-state index contributed by atoms with van der Waals surface area (Å²) in [7, 11) is 0. The Kier molecular flexibility index (Phi) is 5.93. The van der Waals surface area contributed by atoms with Crippen LogP contribution in [0.3, 0.4) is 0 Å². The second-order valence-electron chi connectivity index (χ2n) is 8.34. The number of amides is 1. The average molecular weight is 483 g/mol. The van der Waals surface area contributed by atoms with Crippen LogP contribution >= 0.6 is 0 Å². The van der Waals surface area contributed by atoms with Crippen molar-refractivity contribution in [2.75, 3.05) is 5.32 Å². The number of aromatic nitrogens is 5. The smallest absolute Gasteiger partial charge is 0.270 e. The van der Waals surface area contributed by atoms with Crippen LogP contribution in [0, 0.1) is 17.5 Å². The van der Waals surface area contributed by atoms with Crippen molar-refractivity contribution in [2.45, 2.75) is 37.8 Å². The maximum Gasteiger partial charge on any atom is 0.270 e. The molecule has 1 aliphatic carbocycles. The van der Waals surface area contributed by atoms with E-state index in [0.717, 1.165) is 43.9 Å². The number of nitrogens with one attached hydrogen (secondary N) is 3. The largest absolute Gasteiger partial charge is 0.493 e. The fourth-order valence-electron chi connectivity index (χ4n) is 4.31. The lowest BCUT2D eigenvalue weighted by atomic mass is 9.91. The number of nitrogens with zero attached hydrogens (tertiary/aromatic N) is 4. The molecule has 0 saturated heterocycles. The second kappa shape index (κ2) is 9.20. The Labute approximate surface area is 196 Å². The van der Waals surface area contributed by atoms with Crippen molar-refractivity contribution >= 4 is 22.6 Å². The number of benzene rings is 1. The van der Waals surface area contributed by atoms with Gasteiger partial charge in [-0.05, 0) is 31.7 Å². The number of carbonyl (C=O) groups excluding carboxylic acids is 1. The van der Waals surface area contributed by atoms with Crippen molar-refractivity contribution in [3.8, 4) is 17.3 Å². The third kappa shape index (κ3) is 4.72. The molecule has 0 spiro atoms. The third-order valence-electron chi connectivity index (χ3n) is 5.93. The van der Waals surface area contributed by atoms with Gasteiger partial charge in [-0.3, -0.25) is 4.79 Å². The highest BCUT2D eigenvalue weighted by molar-refractivity contribution is 5.94. The molecule has 0 radical (unpaired) electrons. The standard InChI is InChI=1S/C23H20F3N7O2/c24-11-4-14-15(8-27-20(14)16(25)5-11)21-28-9-17(26)22(33-21)31-12-2-1-3-13(6-12)32-23(35)18-7-19(34)30-10-29-18/h4-5,7-10,12-13,27H,1-3,6H2,(H,32,35)(H,28,31,33)(H,29,30,34)/t12-,13+/m0/s1. The monoisotopic (exact) mass is 483 g/mol. The van der Waals surface area contributed by atoms with Crippen molar-refractivity contribution in [3.05, 3.63) is 60.1 Å². The maximum absolute atomic E-state index is 14.6. The van der Waals surface area contributed by atoms with Crippen LogP contribution in [0.5, 0.6) is 5.88 Å². The zero-order valence-electron chi connectivity index (χ0n) is 18.2. The van der Waals surface area contributed by atoms with E-state index in [0.29, 0.717) is 12.0 Å². The van der Waals surface area contributed by atoms with Crippen LogP contribution in [-0.2, 0) is 0 Å². The Morgan fingerprint density at radius 2 is 1.89 bits per heavy atom. The van der Waals surface area contributed by atoms with Crippen LogP contribution in [0.2, 0.25) is 0 Å². The number of anilines is 1. The number of H-pyrrole nitrogens is 1. The van der Waals surface area contributed by atoms with E-state index in [9.17, 15) is 23.1 Å². The zero-order chi connectivity index (χ0) is 24.5. The summed E-state index contributed by atoms with van der Waals surface area (Å²) in [5.41, 5.74) is 0.487. The molecule has 12 heteroatoms. The number of rotatable bonds is 5. The van der Waals surface area contributed by atoms with Crippen LogP contribution in [0.15, 0.2) is 36.9 Å². The van der Waals surface area contributed by atoms with Gasteiger partial charge in [0.2, 0.25) is 5.88 Å². The molecular formula is C23H20F3N7O2.